The molecule has 38 heavy (non-hydrogen) atoms. The van der Waals surface area contributed by atoms with Crippen molar-refractivity contribution in [3.05, 3.63) is 82.6 Å². The van der Waals surface area contributed by atoms with Gasteiger partial charge in [0, 0.05) is 19.0 Å². The van der Waals surface area contributed by atoms with Gasteiger partial charge in [-0.25, -0.2) is 9.59 Å². The van der Waals surface area contributed by atoms with Gasteiger partial charge < -0.3 is 23.9 Å². The lowest BCUT2D eigenvalue weighted by atomic mass is 10.1. The fourth-order valence-electron chi connectivity index (χ4n) is 3.48. The highest BCUT2D eigenvalue weighted by Gasteiger charge is 2.35. The molecule has 1 N–H and O–H groups in total. The molecule has 0 unspecified atom stereocenters. The standard InChI is InChI=1S/C25H18Br4N2O7/c1-35-19-8-13(20(28)21(29)22(19)37-11-12-3-4-14(26)9-16(12)27)7-17-23(32)31(25(34)30-17)10-15-5-6-18(38-15)24(33)36-2/h3-9H,10-11H2,1-2H3,(H,30,34)/b17-7-. The minimum absolute atomic E-state index is 0.0269. The van der Waals surface area contributed by atoms with Crippen LogP contribution >= 0.6 is 63.7 Å². The summed E-state index contributed by atoms with van der Waals surface area (Å²) in [5, 5.41) is 2.57. The lowest BCUT2D eigenvalue weighted by Crippen LogP contribution is -2.30. The molecular formula is C25H18Br4N2O7. The normalized spacial score (nSPS) is 14.2. The Morgan fingerprint density at radius 2 is 1.82 bits per heavy atom. The number of esters is 1. The van der Waals surface area contributed by atoms with E-state index in [4.69, 9.17) is 13.9 Å². The Morgan fingerprint density at radius 1 is 1.05 bits per heavy atom. The summed E-state index contributed by atoms with van der Waals surface area (Å²) in [5.74, 6) is -0.122. The number of amides is 3. The van der Waals surface area contributed by atoms with Crippen molar-refractivity contribution in [3.8, 4) is 11.5 Å². The van der Waals surface area contributed by atoms with E-state index in [0.29, 0.717) is 26.0 Å². The summed E-state index contributed by atoms with van der Waals surface area (Å²) in [6, 6.07) is 9.75. The molecule has 1 fully saturated rings. The van der Waals surface area contributed by atoms with Gasteiger partial charge in [-0.1, -0.05) is 37.9 Å². The van der Waals surface area contributed by atoms with Crippen LogP contribution in [0.2, 0.25) is 0 Å². The van der Waals surface area contributed by atoms with E-state index in [0.717, 1.165) is 19.4 Å². The molecule has 0 saturated carbocycles. The van der Waals surface area contributed by atoms with Gasteiger partial charge in [-0.15, -0.1) is 0 Å². The molecule has 3 aromatic rings. The van der Waals surface area contributed by atoms with Crippen LogP contribution in [-0.2, 0) is 22.7 Å². The van der Waals surface area contributed by atoms with E-state index in [1.54, 1.807) is 6.07 Å². The zero-order chi connectivity index (χ0) is 27.6. The number of halogens is 4. The second kappa shape index (κ2) is 12.1. The number of methoxy groups -OCH3 is 2. The van der Waals surface area contributed by atoms with E-state index in [1.165, 1.54) is 32.4 Å². The van der Waals surface area contributed by atoms with Crippen LogP contribution in [0.5, 0.6) is 11.5 Å². The van der Waals surface area contributed by atoms with E-state index in [1.807, 2.05) is 18.2 Å². The molecule has 0 atom stereocenters. The molecule has 2 heterocycles. The Labute approximate surface area is 251 Å². The molecule has 1 aliphatic rings. The summed E-state index contributed by atoms with van der Waals surface area (Å²) in [4.78, 5) is 38.1. The fourth-order valence-corrected chi connectivity index (χ4v) is 5.59. The third kappa shape index (κ3) is 6.00. The molecule has 0 radical (unpaired) electrons. The summed E-state index contributed by atoms with van der Waals surface area (Å²) < 4.78 is 24.6. The SMILES string of the molecule is COC(=O)c1ccc(CN2C(=O)N/C(=C\c3cc(OC)c(OCc4ccc(Br)cc4Br)c(Br)c3Br)C2=O)o1. The maximum Gasteiger partial charge on any atom is 0.373 e. The quantitative estimate of drug-likeness (QED) is 0.153. The van der Waals surface area contributed by atoms with Gasteiger partial charge in [0.05, 0.1) is 25.2 Å². The largest absolute Gasteiger partial charge is 0.493 e. The second-order valence-electron chi connectivity index (χ2n) is 7.79. The zero-order valence-corrected chi connectivity index (χ0v) is 26.1. The molecule has 0 spiro atoms. The number of hydrogen-bond acceptors (Lipinski definition) is 7. The summed E-state index contributed by atoms with van der Waals surface area (Å²) in [5.41, 5.74) is 1.54. The smallest absolute Gasteiger partial charge is 0.373 e. The van der Waals surface area contributed by atoms with Gasteiger partial charge in [0.2, 0.25) is 5.76 Å². The molecule has 13 heteroatoms. The van der Waals surface area contributed by atoms with Crippen molar-refractivity contribution in [3.63, 3.8) is 0 Å². The summed E-state index contributed by atoms with van der Waals surface area (Å²) in [7, 11) is 2.73. The van der Waals surface area contributed by atoms with E-state index in [9.17, 15) is 14.4 Å². The predicted octanol–water partition coefficient (Wildman–Crippen LogP) is 6.80. The second-order valence-corrected chi connectivity index (χ2v) is 11.1. The number of carbonyl (C=O) groups excluding carboxylic acids is 3. The van der Waals surface area contributed by atoms with E-state index in [2.05, 4.69) is 73.8 Å². The van der Waals surface area contributed by atoms with Gasteiger partial charge in [0.1, 0.15) is 18.1 Å². The maximum atomic E-state index is 13.0. The average molecular weight is 778 g/mol. The van der Waals surface area contributed by atoms with Crippen molar-refractivity contribution in [1.82, 2.24) is 10.2 Å². The van der Waals surface area contributed by atoms with Crippen molar-refractivity contribution >= 4 is 87.7 Å². The van der Waals surface area contributed by atoms with Gasteiger partial charge in [-0.2, -0.15) is 0 Å². The molecule has 3 amide bonds. The van der Waals surface area contributed by atoms with Crippen LogP contribution < -0.4 is 14.8 Å². The number of urea groups is 1. The highest BCUT2D eigenvalue weighted by molar-refractivity contribution is 9.13. The van der Waals surface area contributed by atoms with Crippen molar-refractivity contribution in [2.75, 3.05) is 14.2 Å². The number of ether oxygens (including phenoxy) is 3. The summed E-state index contributed by atoms with van der Waals surface area (Å²) in [6.45, 7) is 0.106. The lowest BCUT2D eigenvalue weighted by molar-refractivity contribution is -0.123. The Hall–Kier alpha value is -2.61. The zero-order valence-electron chi connectivity index (χ0n) is 19.8. The van der Waals surface area contributed by atoms with Crippen LogP contribution in [0.3, 0.4) is 0 Å². The Morgan fingerprint density at radius 3 is 2.50 bits per heavy atom. The first-order chi connectivity index (χ1) is 18.1. The molecule has 1 aliphatic heterocycles. The van der Waals surface area contributed by atoms with Crippen molar-refractivity contribution in [2.24, 2.45) is 0 Å². The third-order valence-corrected chi connectivity index (χ3v) is 8.76. The molecule has 0 bridgehead atoms. The highest BCUT2D eigenvalue weighted by atomic mass is 79.9. The van der Waals surface area contributed by atoms with Crippen molar-refractivity contribution < 1.29 is 33.0 Å². The van der Waals surface area contributed by atoms with E-state index in [-0.39, 0.29) is 30.4 Å². The van der Waals surface area contributed by atoms with Crippen molar-refractivity contribution in [1.29, 1.82) is 0 Å². The third-order valence-electron chi connectivity index (χ3n) is 5.39. The van der Waals surface area contributed by atoms with Gasteiger partial charge in [-0.05, 0) is 73.8 Å². The molecule has 1 saturated heterocycles. The van der Waals surface area contributed by atoms with Gasteiger partial charge in [0.15, 0.2) is 11.5 Å². The van der Waals surface area contributed by atoms with Crippen molar-refractivity contribution in [2.45, 2.75) is 13.2 Å². The summed E-state index contributed by atoms with van der Waals surface area (Å²) in [6.07, 6.45) is 1.52. The highest BCUT2D eigenvalue weighted by Crippen LogP contribution is 2.44. The number of hydrogen-bond donors (Lipinski definition) is 1. The van der Waals surface area contributed by atoms with E-state index < -0.39 is 17.9 Å². The van der Waals surface area contributed by atoms with Crippen LogP contribution in [-0.4, -0.2) is 37.0 Å². The molecule has 9 nitrogen and oxygen atoms in total. The fraction of sp³-hybridized carbons (Fsp3) is 0.160. The van der Waals surface area contributed by atoms with Gasteiger partial charge in [-0.3, -0.25) is 9.69 Å². The lowest BCUT2D eigenvalue weighted by Gasteiger charge is -2.16. The first-order valence-electron chi connectivity index (χ1n) is 10.8. The number of nitrogens with zero attached hydrogens (tertiary/aromatic N) is 1. The molecule has 198 valence electrons. The van der Waals surface area contributed by atoms with Crippen LogP contribution in [0.25, 0.3) is 6.08 Å². The number of rotatable bonds is 8. The number of carbonyl (C=O) groups is 3. The molecule has 0 aliphatic carbocycles. The minimum Gasteiger partial charge on any atom is -0.493 e. The molecular weight excluding hydrogens is 760 g/mol. The van der Waals surface area contributed by atoms with Crippen LogP contribution in [0.15, 0.2) is 64.4 Å². The number of benzene rings is 2. The van der Waals surface area contributed by atoms with Gasteiger partial charge >= 0.3 is 12.0 Å². The monoisotopic (exact) mass is 774 g/mol. The number of nitrogens with one attached hydrogen (secondary N) is 1. The Balaban J connectivity index is 1.56. The Bertz CT molecular complexity index is 1470. The topological polar surface area (TPSA) is 107 Å². The number of furan rings is 1. The van der Waals surface area contributed by atoms with E-state index >= 15 is 0 Å². The Kier molecular flexibility index (Phi) is 9.01. The number of imide groups is 1. The maximum absolute atomic E-state index is 13.0. The first-order valence-corrected chi connectivity index (χ1v) is 13.9. The minimum atomic E-state index is -0.657. The predicted molar refractivity (Wildman–Crippen MR) is 152 cm³/mol. The summed E-state index contributed by atoms with van der Waals surface area (Å²) >= 11 is 14.0. The molecule has 2 aromatic carbocycles. The van der Waals surface area contributed by atoms with Gasteiger partial charge in [0.25, 0.3) is 5.91 Å². The molecule has 1 aromatic heterocycles. The van der Waals surface area contributed by atoms with Crippen LogP contribution in [0.1, 0.15) is 27.4 Å². The average Bonchev–Trinajstić information content (AvgIpc) is 3.47. The molecule has 4 rings (SSSR count). The van der Waals surface area contributed by atoms with Crippen LogP contribution in [0, 0.1) is 0 Å². The van der Waals surface area contributed by atoms with Crippen LogP contribution in [0.4, 0.5) is 4.79 Å². The first kappa shape index (κ1) is 28.4.